The second-order valence-corrected chi connectivity index (χ2v) is 7.84. The first-order valence-corrected chi connectivity index (χ1v) is 9.90. The molecule has 1 aliphatic heterocycles. The van der Waals surface area contributed by atoms with Crippen LogP contribution in [0.1, 0.15) is 10.4 Å². The van der Waals surface area contributed by atoms with Crippen molar-refractivity contribution in [1.29, 1.82) is 0 Å². The van der Waals surface area contributed by atoms with Gasteiger partial charge in [0.05, 0.1) is 0 Å². The Morgan fingerprint density at radius 2 is 1.48 bits per heavy atom. The van der Waals surface area contributed by atoms with E-state index in [9.17, 15) is 22.4 Å². The number of benzene rings is 2. The summed E-state index contributed by atoms with van der Waals surface area (Å²) < 4.78 is 56.5. The van der Waals surface area contributed by atoms with E-state index in [0.29, 0.717) is 5.56 Å². The Hall–Kier alpha value is -1.91. The van der Waals surface area contributed by atoms with Crippen LogP contribution in [0.25, 0.3) is 0 Å². The van der Waals surface area contributed by atoms with Crippen LogP contribution in [0, 0.1) is 23.3 Å². The van der Waals surface area contributed by atoms with E-state index in [2.05, 4.69) is 21.2 Å². The smallest absolute Gasteiger partial charge is 0.257 e. The molecule has 1 saturated heterocycles. The number of anilines is 1. The van der Waals surface area contributed by atoms with Gasteiger partial charge in [-0.2, -0.15) is 0 Å². The molecule has 154 valence electrons. The van der Waals surface area contributed by atoms with Crippen LogP contribution in [-0.4, -0.2) is 42.1 Å². The molecule has 11 heteroatoms. The second kappa shape index (κ2) is 8.85. The number of piperazine rings is 1. The molecule has 0 saturated carbocycles. The zero-order valence-corrected chi connectivity index (χ0v) is 17.8. The highest BCUT2D eigenvalue weighted by Crippen LogP contribution is 2.33. The number of hydrogen-bond donors (Lipinski definition) is 1. The number of carbonyl (C=O) groups is 1. The minimum atomic E-state index is -1.64. The largest absolute Gasteiger partial charge is 0.363 e. The molecular weight excluding hydrogens is 498 g/mol. The summed E-state index contributed by atoms with van der Waals surface area (Å²) >= 11 is 13.8. The quantitative estimate of drug-likeness (QED) is 0.279. The Kier molecular flexibility index (Phi) is 6.65. The van der Waals surface area contributed by atoms with Gasteiger partial charge in [-0.3, -0.25) is 10.1 Å². The molecule has 1 heterocycles. The van der Waals surface area contributed by atoms with Crippen LogP contribution in [0.15, 0.2) is 28.7 Å². The molecule has 1 N–H and O–H groups in total. The molecule has 0 radical (unpaired) electrons. The third kappa shape index (κ3) is 4.49. The molecule has 0 aliphatic carbocycles. The second-order valence-electron chi connectivity index (χ2n) is 6.16. The van der Waals surface area contributed by atoms with Gasteiger partial charge in [0.15, 0.2) is 28.4 Å². The van der Waals surface area contributed by atoms with Crippen molar-refractivity contribution in [3.63, 3.8) is 0 Å². The van der Waals surface area contributed by atoms with E-state index in [1.54, 1.807) is 29.2 Å². The number of hydrogen-bond acceptors (Lipinski definition) is 3. The minimum absolute atomic E-state index is 0.0304. The standard InChI is InChI=1S/C18H13BrClF4N3OS/c19-10-3-1-9(2-4-10)17(28)25-18(29)27-7-5-26(6-8-27)16-14(23)12(21)11(20)13(22)15(16)24/h1-4H,5-8H2,(H,25,28,29). The Morgan fingerprint density at radius 3 is 2.00 bits per heavy atom. The third-order valence-electron chi connectivity index (χ3n) is 4.40. The van der Waals surface area contributed by atoms with Gasteiger partial charge in [0.25, 0.3) is 5.91 Å². The molecule has 1 amide bonds. The molecular formula is C18H13BrClF4N3OS. The normalized spacial score (nSPS) is 14.1. The van der Waals surface area contributed by atoms with Crippen LogP contribution in [0.4, 0.5) is 23.2 Å². The first kappa shape index (κ1) is 21.8. The zero-order chi connectivity index (χ0) is 21.3. The van der Waals surface area contributed by atoms with Gasteiger partial charge in [0.2, 0.25) is 0 Å². The summed E-state index contributed by atoms with van der Waals surface area (Å²) in [6.45, 7) is 0.430. The van der Waals surface area contributed by atoms with E-state index in [4.69, 9.17) is 23.8 Å². The molecule has 2 aromatic carbocycles. The van der Waals surface area contributed by atoms with Crippen LogP contribution in [0.2, 0.25) is 5.02 Å². The number of nitrogens with zero attached hydrogens (tertiary/aromatic N) is 2. The van der Waals surface area contributed by atoms with E-state index in [0.717, 1.165) is 4.47 Å². The molecule has 4 nitrogen and oxygen atoms in total. The fourth-order valence-corrected chi connectivity index (χ4v) is 3.56. The van der Waals surface area contributed by atoms with Gasteiger partial charge in [0.1, 0.15) is 10.7 Å². The molecule has 2 aromatic rings. The lowest BCUT2D eigenvalue weighted by Crippen LogP contribution is -2.53. The van der Waals surface area contributed by atoms with Crippen molar-refractivity contribution in [2.45, 2.75) is 0 Å². The van der Waals surface area contributed by atoms with Crippen molar-refractivity contribution in [3.05, 3.63) is 62.6 Å². The van der Waals surface area contributed by atoms with Crippen molar-refractivity contribution in [1.82, 2.24) is 10.2 Å². The molecule has 3 rings (SSSR count). The summed E-state index contributed by atoms with van der Waals surface area (Å²) in [4.78, 5) is 15.0. The molecule has 29 heavy (non-hydrogen) atoms. The van der Waals surface area contributed by atoms with Crippen LogP contribution in [0.5, 0.6) is 0 Å². The number of halogens is 6. The van der Waals surface area contributed by atoms with Crippen molar-refractivity contribution in [3.8, 4) is 0 Å². The van der Waals surface area contributed by atoms with Gasteiger partial charge in [-0.15, -0.1) is 0 Å². The lowest BCUT2D eigenvalue weighted by Gasteiger charge is -2.37. The molecule has 0 aromatic heterocycles. The molecule has 0 atom stereocenters. The zero-order valence-electron chi connectivity index (χ0n) is 14.6. The van der Waals surface area contributed by atoms with Crippen LogP contribution in [0.3, 0.4) is 0 Å². The Morgan fingerprint density at radius 1 is 0.966 bits per heavy atom. The maximum absolute atomic E-state index is 14.1. The number of nitrogens with one attached hydrogen (secondary N) is 1. The summed E-state index contributed by atoms with van der Waals surface area (Å²) in [5.74, 6) is -6.77. The monoisotopic (exact) mass is 509 g/mol. The minimum Gasteiger partial charge on any atom is -0.363 e. The third-order valence-corrected chi connectivity index (χ3v) is 5.62. The van der Waals surface area contributed by atoms with Crippen molar-refractivity contribution in [2.24, 2.45) is 0 Å². The van der Waals surface area contributed by atoms with Crippen LogP contribution in [-0.2, 0) is 0 Å². The predicted molar refractivity (Wildman–Crippen MR) is 109 cm³/mol. The highest BCUT2D eigenvalue weighted by atomic mass is 79.9. The number of carbonyl (C=O) groups excluding carboxylic acids is 1. The maximum atomic E-state index is 14.1. The molecule has 0 spiro atoms. The van der Waals surface area contributed by atoms with Gasteiger partial charge >= 0.3 is 0 Å². The van der Waals surface area contributed by atoms with Crippen molar-refractivity contribution in [2.75, 3.05) is 31.1 Å². The maximum Gasteiger partial charge on any atom is 0.257 e. The van der Waals surface area contributed by atoms with Gasteiger partial charge < -0.3 is 9.80 Å². The first-order valence-electron chi connectivity index (χ1n) is 8.33. The average molecular weight is 511 g/mol. The van der Waals surface area contributed by atoms with Gasteiger partial charge in [-0.1, -0.05) is 27.5 Å². The topological polar surface area (TPSA) is 35.6 Å². The Balaban J connectivity index is 1.66. The lowest BCUT2D eigenvalue weighted by molar-refractivity contribution is 0.0973. The summed E-state index contributed by atoms with van der Waals surface area (Å²) in [5, 5.41) is 1.51. The fourth-order valence-electron chi connectivity index (χ4n) is 2.85. The number of rotatable bonds is 2. The molecule has 1 fully saturated rings. The van der Waals surface area contributed by atoms with E-state index in [1.165, 1.54) is 4.90 Å². The van der Waals surface area contributed by atoms with Crippen molar-refractivity contribution < 1.29 is 22.4 Å². The van der Waals surface area contributed by atoms with E-state index >= 15 is 0 Å². The average Bonchev–Trinajstić information content (AvgIpc) is 2.72. The number of amides is 1. The Bertz CT molecular complexity index is 940. The van der Waals surface area contributed by atoms with E-state index < -0.39 is 39.9 Å². The lowest BCUT2D eigenvalue weighted by atomic mass is 10.2. The molecule has 1 aliphatic rings. The molecule has 0 unspecified atom stereocenters. The Labute approximate surface area is 182 Å². The van der Waals surface area contributed by atoms with Gasteiger partial charge in [-0.25, -0.2) is 17.6 Å². The van der Waals surface area contributed by atoms with Gasteiger partial charge in [0, 0.05) is 36.2 Å². The number of thiocarbonyl (C=S) groups is 1. The fraction of sp³-hybridized carbons (Fsp3) is 0.222. The first-order chi connectivity index (χ1) is 13.7. The summed E-state index contributed by atoms with van der Waals surface area (Å²) in [6.07, 6.45) is 0. The van der Waals surface area contributed by atoms with E-state index in [1.807, 2.05) is 0 Å². The summed E-state index contributed by atoms with van der Waals surface area (Å²) in [7, 11) is 0. The van der Waals surface area contributed by atoms with Gasteiger partial charge in [-0.05, 0) is 36.5 Å². The SMILES string of the molecule is O=C(NC(=S)N1CCN(c2c(F)c(F)c(Cl)c(F)c2F)CC1)c1ccc(Br)cc1. The highest BCUT2D eigenvalue weighted by Gasteiger charge is 2.30. The van der Waals surface area contributed by atoms with Crippen molar-refractivity contribution >= 4 is 56.5 Å². The predicted octanol–water partition coefficient (Wildman–Crippen LogP) is 4.50. The summed E-state index contributed by atoms with van der Waals surface area (Å²) in [5.41, 5.74) is -0.403. The highest BCUT2D eigenvalue weighted by molar-refractivity contribution is 9.10. The summed E-state index contributed by atoms with van der Waals surface area (Å²) in [6, 6.07) is 6.67. The van der Waals surface area contributed by atoms with E-state index in [-0.39, 0.29) is 31.3 Å². The van der Waals surface area contributed by atoms with Crippen LogP contribution >= 0.6 is 39.7 Å². The molecule has 0 bridgehead atoms. The van der Waals surface area contributed by atoms with Crippen LogP contribution < -0.4 is 10.2 Å².